The molecule has 0 radical (unpaired) electrons. The minimum absolute atomic E-state index is 0.0821. The van der Waals surface area contributed by atoms with Crippen LogP contribution in [0.1, 0.15) is 6.92 Å². The van der Waals surface area contributed by atoms with Crippen molar-refractivity contribution in [3.05, 3.63) is 35.2 Å². The molecule has 0 aromatic heterocycles. The van der Waals surface area contributed by atoms with Crippen molar-refractivity contribution >= 4 is 0 Å². The van der Waals surface area contributed by atoms with E-state index in [4.69, 9.17) is 10.5 Å². The molecule has 0 amide bonds. The van der Waals surface area contributed by atoms with E-state index in [1.165, 1.54) is 0 Å². The van der Waals surface area contributed by atoms with Gasteiger partial charge in [0.25, 0.3) is 0 Å². The predicted molar refractivity (Wildman–Crippen MR) is 68.5 cm³/mol. The summed E-state index contributed by atoms with van der Waals surface area (Å²) >= 11 is 0. The molecule has 0 spiro atoms. The fourth-order valence-electron chi connectivity index (χ4n) is 1.34. The predicted octanol–water partition coefficient (Wildman–Crippen LogP) is 1.87. The fourth-order valence-corrected chi connectivity index (χ4v) is 1.34. The van der Waals surface area contributed by atoms with Gasteiger partial charge < -0.3 is 9.80 Å². The first-order valence-electron chi connectivity index (χ1n) is 5.11. The first-order chi connectivity index (χ1) is 7.84. The van der Waals surface area contributed by atoms with Crippen molar-refractivity contribution in [3.63, 3.8) is 0 Å². The van der Waals surface area contributed by atoms with Crippen molar-refractivity contribution in [3.8, 4) is 12.1 Å². The van der Waals surface area contributed by atoms with E-state index in [1.807, 2.05) is 50.1 Å². The zero-order chi connectivity index (χ0) is 13.6. The standard InChI is InChI=1S/C13H18N4/c1-10(2)12(11(8-14)9-15)7-13(16(3)4)17(5)6/h7H,1H2,2-6H3. The Labute approximate surface area is 103 Å². The molecule has 0 N–H and O–H groups in total. The number of rotatable bonds is 4. The zero-order valence-corrected chi connectivity index (χ0v) is 11.1. The lowest BCUT2D eigenvalue weighted by Gasteiger charge is -2.25. The van der Waals surface area contributed by atoms with Crippen LogP contribution in [0.2, 0.25) is 0 Å². The van der Waals surface area contributed by atoms with E-state index in [0.29, 0.717) is 11.1 Å². The molecule has 0 saturated heterocycles. The van der Waals surface area contributed by atoms with Crippen LogP contribution in [0.5, 0.6) is 0 Å². The zero-order valence-electron chi connectivity index (χ0n) is 11.1. The highest BCUT2D eigenvalue weighted by Gasteiger charge is 2.09. The Morgan fingerprint density at radius 2 is 1.47 bits per heavy atom. The van der Waals surface area contributed by atoms with Gasteiger partial charge in [-0.15, -0.1) is 0 Å². The minimum Gasteiger partial charge on any atom is -0.364 e. The monoisotopic (exact) mass is 230 g/mol. The van der Waals surface area contributed by atoms with Gasteiger partial charge in [-0.3, -0.25) is 0 Å². The normalized spacial score (nSPS) is 8.41. The van der Waals surface area contributed by atoms with Crippen molar-refractivity contribution in [2.45, 2.75) is 6.92 Å². The summed E-state index contributed by atoms with van der Waals surface area (Å²) in [5, 5.41) is 17.8. The summed E-state index contributed by atoms with van der Waals surface area (Å²) in [6.45, 7) is 5.58. The molecular weight excluding hydrogens is 212 g/mol. The quantitative estimate of drug-likeness (QED) is 0.546. The third-order valence-corrected chi connectivity index (χ3v) is 2.14. The first kappa shape index (κ1) is 14.8. The molecule has 4 heteroatoms. The smallest absolute Gasteiger partial charge is 0.137 e. The average Bonchev–Trinajstić information content (AvgIpc) is 2.22. The SMILES string of the molecule is C=C(C)C(C=C(N(C)C)N(C)C)=C(C#N)C#N. The van der Waals surface area contributed by atoms with Gasteiger partial charge in [0, 0.05) is 33.8 Å². The van der Waals surface area contributed by atoms with E-state index in [2.05, 4.69) is 6.58 Å². The molecule has 4 nitrogen and oxygen atoms in total. The van der Waals surface area contributed by atoms with Crippen LogP contribution in [-0.2, 0) is 0 Å². The molecule has 0 aromatic rings. The number of hydrogen-bond acceptors (Lipinski definition) is 4. The van der Waals surface area contributed by atoms with E-state index in [1.54, 1.807) is 13.0 Å². The van der Waals surface area contributed by atoms with Crippen LogP contribution in [0.3, 0.4) is 0 Å². The Balaban J connectivity index is 5.80. The molecule has 17 heavy (non-hydrogen) atoms. The van der Waals surface area contributed by atoms with E-state index in [0.717, 1.165) is 5.82 Å². The highest BCUT2D eigenvalue weighted by atomic mass is 15.3. The Morgan fingerprint density at radius 1 is 1.06 bits per heavy atom. The lowest BCUT2D eigenvalue weighted by molar-refractivity contribution is 0.342. The lowest BCUT2D eigenvalue weighted by atomic mass is 10.0. The molecule has 0 aromatic carbocycles. The summed E-state index contributed by atoms with van der Waals surface area (Å²) in [6, 6.07) is 3.78. The number of nitrogens with zero attached hydrogens (tertiary/aromatic N) is 4. The summed E-state index contributed by atoms with van der Waals surface area (Å²) in [5.74, 6) is 0.894. The summed E-state index contributed by atoms with van der Waals surface area (Å²) < 4.78 is 0. The summed E-state index contributed by atoms with van der Waals surface area (Å²) in [5.41, 5.74) is 1.36. The van der Waals surface area contributed by atoms with Crippen LogP contribution in [0.4, 0.5) is 0 Å². The molecule has 0 aliphatic carbocycles. The van der Waals surface area contributed by atoms with Crippen molar-refractivity contribution in [2.24, 2.45) is 0 Å². The highest BCUT2D eigenvalue weighted by Crippen LogP contribution is 2.17. The molecule has 0 aliphatic rings. The minimum atomic E-state index is 0.0821. The van der Waals surface area contributed by atoms with E-state index in [-0.39, 0.29) is 5.57 Å². The number of nitriles is 2. The summed E-state index contributed by atoms with van der Waals surface area (Å²) in [6.07, 6.45) is 1.80. The average molecular weight is 230 g/mol. The van der Waals surface area contributed by atoms with E-state index >= 15 is 0 Å². The Bertz CT molecular complexity index is 413. The van der Waals surface area contributed by atoms with Gasteiger partial charge in [-0.25, -0.2) is 0 Å². The van der Waals surface area contributed by atoms with Crippen molar-refractivity contribution < 1.29 is 0 Å². The lowest BCUT2D eigenvalue weighted by Crippen LogP contribution is -2.24. The summed E-state index contributed by atoms with van der Waals surface area (Å²) in [4.78, 5) is 3.82. The number of allylic oxidation sites excluding steroid dienone is 4. The van der Waals surface area contributed by atoms with Gasteiger partial charge in [0.05, 0.1) is 0 Å². The van der Waals surface area contributed by atoms with Crippen molar-refractivity contribution in [2.75, 3.05) is 28.2 Å². The van der Waals surface area contributed by atoms with Gasteiger partial charge >= 0.3 is 0 Å². The molecule has 0 atom stereocenters. The van der Waals surface area contributed by atoms with Crippen molar-refractivity contribution in [1.82, 2.24) is 9.80 Å². The van der Waals surface area contributed by atoms with Crippen LogP contribution in [0.15, 0.2) is 35.2 Å². The second-order valence-electron chi connectivity index (χ2n) is 4.08. The Kier molecular flexibility index (Phi) is 5.57. The molecule has 0 unspecified atom stereocenters. The maximum absolute atomic E-state index is 8.91. The fraction of sp³-hybridized carbons (Fsp3) is 0.385. The van der Waals surface area contributed by atoms with E-state index in [9.17, 15) is 0 Å². The maximum Gasteiger partial charge on any atom is 0.137 e. The molecule has 90 valence electrons. The van der Waals surface area contributed by atoms with Crippen LogP contribution < -0.4 is 0 Å². The van der Waals surface area contributed by atoms with Crippen molar-refractivity contribution in [1.29, 1.82) is 10.5 Å². The van der Waals surface area contributed by atoms with Crippen LogP contribution >= 0.6 is 0 Å². The van der Waals surface area contributed by atoms with Crippen LogP contribution in [0.25, 0.3) is 0 Å². The van der Waals surface area contributed by atoms with Gasteiger partial charge in [-0.05, 0) is 18.6 Å². The molecule has 0 heterocycles. The van der Waals surface area contributed by atoms with Gasteiger partial charge in [0.15, 0.2) is 0 Å². The van der Waals surface area contributed by atoms with E-state index < -0.39 is 0 Å². The molecular formula is C13H18N4. The Hall–Kier alpha value is -2.20. The van der Waals surface area contributed by atoms with Gasteiger partial charge in [0.2, 0.25) is 0 Å². The number of hydrogen-bond donors (Lipinski definition) is 0. The van der Waals surface area contributed by atoms with Gasteiger partial charge in [0.1, 0.15) is 23.5 Å². The topological polar surface area (TPSA) is 54.1 Å². The molecule has 0 fully saturated rings. The summed E-state index contributed by atoms with van der Waals surface area (Å²) in [7, 11) is 7.61. The highest BCUT2D eigenvalue weighted by molar-refractivity contribution is 5.53. The molecule has 0 bridgehead atoms. The van der Waals surface area contributed by atoms with Gasteiger partial charge in [-0.2, -0.15) is 10.5 Å². The Morgan fingerprint density at radius 3 is 1.71 bits per heavy atom. The molecule has 0 aliphatic heterocycles. The second-order valence-corrected chi connectivity index (χ2v) is 4.08. The first-order valence-corrected chi connectivity index (χ1v) is 5.11. The molecule has 0 saturated carbocycles. The van der Waals surface area contributed by atoms with Crippen LogP contribution in [0, 0.1) is 22.7 Å². The molecule has 0 rings (SSSR count). The van der Waals surface area contributed by atoms with Crippen LogP contribution in [-0.4, -0.2) is 38.0 Å². The van der Waals surface area contributed by atoms with Gasteiger partial charge in [-0.1, -0.05) is 6.58 Å². The second kappa shape index (κ2) is 6.40. The third-order valence-electron chi connectivity index (χ3n) is 2.14. The largest absolute Gasteiger partial charge is 0.364 e. The maximum atomic E-state index is 8.91. The third kappa shape index (κ3) is 4.04.